The molecule has 0 aromatic carbocycles. The Morgan fingerprint density at radius 1 is 1.33 bits per heavy atom. The minimum Gasteiger partial charge on any atom is -0.316 e. The van der Waals surface area contributed by atoms with E-state index in [1.807, 2.05) is 0 Å². The van der Waals surface area contributed by atoms with Crippen LogP contribution in [0.1, 0.15) is 59.8 Å². The van der Waals surface area contributed by atoms with Crippen molar-refractivity contribution >= 4 is 0 Å². The van der Waals surface area contributed by atoms with Crippen LogP contribution in [-0.4, -0.2) is 13.1 Å². The molecule has 104 valence electrons. The van der Waals surface area contributed by atoms with Gasteiger partial charge >= 0.3 is 0 Å². The average Bonchev–Trinajstić information content (AvgIpc) is 2.28. The molecule has 2 atom stereocenters. The van der Waals surface area contributed by atoms with Crippen molar-refractivity contribution in [3.63, 3.8) is 0 Å². The Kier molecular flexibility index (Phi) is 6.22. The minimum atomic E-state index is 0.522. The van der Waals surface area contributed by atoms with Crippen molar-refractivity contribution in [1.29, 1.82) is 0 Å². The first-order valence-electron chi connectivity index (χ1n) is 7.59. The second-order valence-electron chi connectivity index (χ2n) is 7.22. The Hall–Kier alpha value is -0.480. The lowest BCUT2D eigenvalue weighted by Gasteiger charge is -2.41. The Labute approximate surface area is 114 Å². The highest BCUT2D eigenvalue weighted by Gasteiger charge is 2.33. The van der Waals surface area contributed by atoms with E-state index in [4.69, 9.17) is 6.42 Å². The van der Waals surface area contributed by atoms with Crippen molar-refractivity contribution in [3.05, 3.63) is 0 Å². The molecule has 0 aromatic rings. The zero-order valence-corrected chi connectivity index (χ0v) is 12.8. The van der Waals surface area contributed by atoms with Crippen molar-refractivity contribution in [1.82, 2.24) is 5.32 Å². The molecule has 18 heavy (non-hydrogen) atoms. The molecule has 0 heterocycles. The van der Waals surface area contributed by atoms with Gasteiger partial charge in [0.15, 0.2) is 0 Å². The van der Waals surface area contributed by atoms with Crippen LogP contribution in [0.4, 0.5) is 0 Å². The predicted octanol–water partition coefficient (Wildman–Crippen LogP) is 4.09. The number of rotatable bonds is 6. The van der Waals surface area contributed by atoms with Gasteiger partial charge in [-0.15, -0.1) is 12.3 Å². The molecule has 1 fully saturated rings. The second-order valence-corrected chi connectivity index (χ2v) is 7.22. The van der Waals surface area contributed by atoms with E-state index in [0.717, 1.165) is 30.7 Å². The summed E-state index contributed by atoms with van der Waals surface area (Å²) >= 11 is 0. The molecule has 1 nitrogen and oxygen atoms in total. The predicted molar refractivity (Wildman–Crippen MR) is 80.4 cm³/mol. The van der Waals surface area contributed by atoms with Crippen LogP contribution >= 0.6 is 0 Å². The highest BCUT2D eigenvalue weighted by atomic mass is 14.9. The van der Waals surface area contributed by atoms with Crippen LogP contribution < -0.4 is 5.32 Å². The Morgan fingerprint density at radius 2 is 2.06 bits per heavy atom. The molecule has 1 aliphatic carbocycles. The first-order valence-corrected chi connectivity index (χ1v) is 7.59. The summed E-state index contributed by atoms with van der Waals surface area (Å²) in [4.78, 5) is 0. The molecular weight excluding hydrogens is 218 g/mol. The average molecular weight is 249 g/mol. The van der Waals surface area contributed by atoms with Crippen LogP contribution in [0.3, 0.4) is 0 Å². The van der Waals surface area contributed by atoms with Gasteiger partial charge in [-0.05, 0) is 61.9 Å². The Bertz CT molecular complexity index is 272. The van der Waals surface area contributed by atoms with Crippen LogP contribution in [-0.2, 0) is 0 Å². The highest BCUT2D eigenvalue weighted by Crippen LogP contribution is 2.43. The summed E-state index contributed by atoms with van der Waals surface area (Å²) in [5.74, 6) is 5.22. The maximum absolute atomic E-state index is 5.43. The van der Waals surface area contributed by atoms with Crippen molar-refractivity contribution in [2.75, 3.05) is 13.1 Å². The van der Waals surface area contributed by atoms with Gasteiger partial charge in [-0.25, -0.2) is 0 Å². The smallest absolute Gasteiger partial charge is 0.00888 e. The van der Waals surface area contributed by atoms with Crippen LogP contribution in [0.2, 0.25) is 0 Å². The van der Waals surface area contributed by atoms with E-state index in [0.29, 0.717) is 5.41 Å². The first kappa shape index (κ1) is 15.6. The SMILES string of the molecule is C#CCCC1CC(C)(C)CCC1CNCC(C)C. The summed E-state index contributed by atoms with van der Waals surface area (Å²) in [5.41, 5.74) is 0.522. The van der Waals surface area contributed by atoms with E-state index in [1.54, 1.807) is 0 Å². The summed E-state index contributed by atoms with van der Waals surface area (Å²) in [6, 6.07) is 0. The van der Waals surface area contributed by atoms with Crippen molar-refractivity contribution in [2.24, 2.45) is 23.2 Å². The largest absolute Gasteiger partial charge is 0.316 e. The maximum atomic E-state index is 5.43. The fourth-order valence-corrected chi connectivity index (χ4v) is 3.22. The molecule has 0 bridgehead atoms. The molecule has 0 saturated heterocycles. The van der Waals surface area contributed by atoms with Crippen molar-refractivity contribution < 1.29 is 0 Å². The summed E-state index contributed by atoms with van der Waals surface area (Å²) in [5, 5.41) is 3.64. The molecule has 1 saturated carbocycles. The molecule has 0 aromatic heterocycles. The molecule has 0 amide bonds. The lowest BCUT2D eigenvalue weighted by Crippen LogP contribution is -2.37. The van der Waals surface area contributed by atoms with E-state index in [9.17, 15) is 0 Å². The molecule has 1 heteroatoms. The van der Waals surface area contributed by atoms with Gasteiger partial charge in [0.1, 0.15) is 0 Å². The standard InChI is InChI=1S/C17H31N/c1-6-7-8-15-11-17(4,5)10-9-16(15)13-18-12-14(2)3/h1,14-16,18H,7-13H2,2-5H3. The second kappa shape index (κ2) is 7.19. The normalized spacial score (nSPS) is 27.1. The zero-order valence-electron chi connectivity index (χ0n) is 12.8. The summed E-state index contributed by atoms with van der Waals surface area (Å²) in [6.45, 7) is 11.7. The van der Waals surface area contributed by atoms with E-state index >= 15 is 0 Å². The van der Waals surface area contributed by atoms with Gasteiger partial charge in [0, 0.05) is 6.42 Å². The fraction of sp³-hybridized carbons (Fsp3) is 0.882. The minimum absolute atomic E-state index is 0.522. The molecule has 0 spiro atoms. The van der Waals surface area contributed by atoms with Crippen molar-refractivity contribution in [3.8, 4) is 12.3 Å². The van der Waals surface area contributed by atoms with Gasteiger partial charge in [-0.2, -0.15) is 0 Å². The van der Waals surface area contributed by atoms with E-state index in [1.165, 1.54) is 32.2 Å². The van der Waals surface area contributed by atoms with E-state index < -0.39 is 0 Å². The first-order chi connectivity index (χ1) is 8.44. The maximum Gasteiger partial charge on any atom is 0.00888 e. The van der Waals surface area contributed by atoms with E-state index in [-0.39, 0.29) is 0 Å². The van der Waals surface area contributed by atoms with Crippen molar-refractivity contribution in [2.45, 2.75) is 59.8 Å². The highest BCUT2D eigenvalue weighted by molar-refractivity contribution is 4.90. The van der Waals surface area contributed by atoms with Gasteiger partial charge in [0.2, 0.25) is 0 Å². The third-order valence-corrected chi connectivity index (χ3v) is 4.29. The van der Waals surface area contributed by atoms with Crippen LogP contribution in [0, 0.1) is 35.5 Å². The third kappa shape index (κ3) is 5.44. The lowest BCUT2D eigenvalue weighted by atomic mass is 9.66. The molecule has 0 aliphatic heterocycles. The topological polar surface area (TPSA) is 12.0 Å². The Balaban J connectivity index is 2.45. The zero-order chi connectivity index (χ0) is 13.6. The molecule has 1 N–H and O–H groups in total. The number of hydrogen-bond donors (Lipinski definition) is 1. The monoisotopic (exact) mass is 249 g/mol. The van der Waals surface area contributed by atoms with Crippen LogP contribution in [0.5, 0.6) is 0 Å². The quantitative estimate of drug-likeness (QED) is 0.699. The summed E-state index contributed by atoms with van der Waals surface area (Å²) < 4.78 is 0. The van der Waals surface area contributed by atoms with Gasteiger partial charge in [0.05, 0.1) is 0 Å². The third-order valence-electron chi connectivity index (χ3n) is 4.29. The van der Waals surface area contributed by atoms with Crippen LogP contribution in [0.15, 0.2) is 0 Å². The molecule has 2 unspecified atom stereocenters. The number of terminal acetylenes is 1. The summed E-state index contributed by atoms with van der Waals surface area (Å²) in [7, 11) is 0. The number of nitrogens with one attached hydrogen (secondary N) is 1. The molecule has 0 radical (unpaired) electrons. The summed E-state index contributed by atoms with van der Waals surface area (Å²) in [6.07, 6.45) is 11.7. The van der Waals surface area contributed by atoms with Gasteiger partial charge < -0.3 is 5.32 Å². The van der Waals surface area contributed by atoms with Gasteiger partial charge in [0.25, 0.3) is 0 Å². The van der Waals surface area contributed by atoms with Crippen LogP contribution in [0.25, 0.3) is 0 Å². The Morgan fingerprint density at radius 3 is 2.67 bits per heavy atom. The molecular formula is C17H31N. The van der Waals surface area contributed by atoms with E-state index in [2.05, 4.69) is 38.9 Å². The van der Waals surface area contributed by atoms with Gasteiger partial charge in [-0.3, -0.25) is 0 Å². The van der Waals surface area contributed by atoms with Gasteiger partial charge in [-0.1, -0.05) is 27.7 Å². The fourth-order valence-electron chi connectivity index (χ4n) is 3.22. The molecule has 1 aliphatic rings. The lowest BCUT2D eigenvalue weighted by molar-refractivity contribution is 0.110. The number of hydrogen-bond acceptors (Lipinski definition) is 1. The molecule has 1 rings (SSSR count).